The number of nitrogens with zero attached hydrogens (tertiary/aromatic N) is 4. The average Bonchev–Trinajstić information content (AvgIpc) is 3.08. The van der Waals surface area contributed by atoms with Crippen molar-refractivity contribution in [1.82, 2.24) is 20.2 Å². The van der Waals surface area contributed by atoms with Gasteiger partial charge in [-0.3, -0.25) is 0 Å². The minimum atomic E-state index is -0.246. The first-order valence-electron chi connectivity index (χ1n) is 10.0. The van der Waals surface area contributed by atoms with Crippen molar-refractivity contribution in [2.45, 2.75) is 94.8 Å². The molecule has 146 valence electrons. The second-order valence-electron chi connectivity index (χ2n) is 8.76. The quantitative estimate of drug-likeness (QED) is 0.403. The first-order chi connectivity index (χ1) is 12.3. The van der Waals surface area contributed by atoms with Gasteiger partial charge in [-0.2, -0.15) is 0 Å². The van der Waals surface area contributed by atoms with Crippen molar-refractivity contribution in [3.8, 4) is 0 Å². The Morgan fingerprint density at radius 2 is 1.81 bits per heavy atom. The Bertz CT molecular complexity index is 574. The predicted octanol–water partition coefficient (Wildman–Crippen LogP) is 4.13. The van der Waals surface area contributed by atoms with E-state index in [1.54, 1.807) is 16.4 Å². The summed E-state index contributed by atoms with van der Waals surface area (Å²) in [5, 5.41) is 12.5. The highest BCUT2D eigenvalue weighted by Crippen LogP contribution is 2.46. The van der Waals surface area contributed by atoms with Gasteiger partial charge in [-0.25, -0.2) is 4.68 Å². The smallest absolute Gasteiger partial charge is 0.403 e. The zero-order chi connectivity index (χ0) is 18.8. The molecule has 6 nitrogen and oxygen atoms in total. The van der Waals surface area contributed by atoms with E-state index in [1.807, 2.05) is 7.05 Å². The lowest BCUT2D eigenvalue weighted by atomic mass is 9.59. The molecule has 2 heterocycles. The highest BCUT2D eigenvalue weighted by Gasteiger charge is 2.54. The Morgan fingerprint density at radius 1 is 1.15 bits per heavy atom. The van der Waals surface area contributed by atoms with Crippen LogP contribution in [0.1, 0.15) is 72.6 Å². The van der Waals surface area contributed by atoms with Crippen molar-refractivity contribution in [1.29, 1.82) is 0 Å². The van der Waals surface area contributed by atoms with Crippen LogP contribution in [0.25, 0.3) is 0 Å². The molecule has 3 rings (SSSR count). The van der Waals surface area contributed by atoms with Crippen LogP contribution in [0.4, 0.5) is 0 Å². The molecule has 1 aromatic rings. The van der Waals surface area contributed by atoms with Gasteiger partial charge in [-0.05, 0) is 56.3 Å². The van der Waals surface area contributed by atoms with E-state index in [0.717, 1.165) is 29.7 Å². The number of thioether (sulfide) groups is 1. The third kappa shape index (κ3) is 4.45. The lowest BCUT2D eigenvalue weighted by molar-refractivity contribution is 0.00578. The number of hydrogen-bond acceptors (Lipinski definition) is 6. The van der Waals surface area contributed by atoms with Crippen LogP contribution in [0.2, 0.25) is 5.82 Å². The van der Waals surface area contributed by atoms with E-state index in [0.29, 0.717) is 5.82 Å². The topological polar surface area (TPSA) is 62.1 Å². The number of aryl methyl sites for hydroxylation is 1. The van der Waals surface area contributed by atoms with Crippen LogP contribution in [-0.2, 0) is 16.4 Å². The summed E-state index contributed by atoms with van der Waals surface area (Å²) in [6.45, 7) is 8.62. The minimum absolute atomic E-state index is 0.0791. The summed E-state index contributed by atoms with van der Waals surface area (Å²) in [6.07, 6.45) is 8.97. The molecule has 0 aromatic carbocycles. The van der Waals surface area contributed by atoms with Crippen LogP contribution in [0.15, 0.2) is 5.16 Å². The molecule has 0 amide bonds. The Balaban J connectivity index is 1.59. The van der Waals surface area contributed by atoms with Gasteiger partial charge in [0.15, 0.2) is 0 Å². The summed E-state index contributed by atoms with van der Waals surface area (Å²) in [4.78, 5) is 0. The summed E-state index contributed by atoms with van der Waals surface area (Å²) in [5.74, 6) is 2.23. The van der Waals surface area contributed by atoms with Crippen molar-refractivity contribution < 1.29 is 9.31 Å². The van der Waals surface area contributed by atoms with Crippen LogP contribution in [-0.4, -0.2) is 44.3 Å². The highest BCUT2D eigenvalue weighted by molar-refractivity contribution is 7.99. The summed E-state index contributed by atoms with van der Waals surface area (Å²) >= 11 is 1.73. The van der Waals surface area contributed by atoms with Crippen molar-refractivity contribution in [3.05, 3.63) is 0 Å². The molecule has 0 bridgehead atoms. The second kappa shape index (κ2) is 8.19. The molecule has 0 radical (unpaired) electrons. The van der Waals surface area contributed by atoms with E-state index in [2.05, 4.69) is 43.2 Å². The fourth-order valence-corrected chi connectivity index (χ4v) is 4.86. The maximum Gasteiger partial charge on any atom is 0.461 e. The lowest BCUT2D eigenvalue weighted by Gasteiger charge is -2.32. The van der Waals surface area contributed by atoms with E-state index < -0.39 is 0 Å². The Morgan fingerprint density at radius 3 is 2.38 bits per heavy atom. The molecule has 8 heteroatoms. The average molecular weight is 380 g/mol. The lowest BCUT2D eigenvalue weighted by Crippen LogP contribution is -2.41. The molecule has 0 N–H and O–H groups in total. The molecule has 1 saturated heterocycles. The Labute approximate surface area is 162 Å². The van der Waals surface area contributed by atoms with Gasteiger partial charge >= 0.3 is 7.12 Å². The zero-order valence-corrected chi connectivity index (χ0v) is 17.7. The van der Waals surface area contributed by atoms with Crippen LogP contribution in [0, 0.1) is 5.92 Å². The summed E-state index contributed by atoms with van der Waals surface area (Å²) < 4.78 is 14.6. The molecule has 1 unspecified atom stereocenters. The first-order valence-corrected chi connectivity index (χ1v) is 11.0. The largest absolute Gasteiger partial charge is 0.461 e. The standard InChI is InChI=1S/C18H33BN4O2S/c1-17(2)18(3,4)25-19(24-17)15(14-10-7-6-8-11-14)12-9-13-26-16-20-21-22-23(16)5/h14-15H,6-13H2,1-5H3. The SMILES string of the molecule is Cn1nnnc1SCCCC(B1OC(C)(C)C(C)(C)O1)C1CCCCC1. The third-order valence-corrected chi connectivity index (χ3v) is 7.47. The van der Waals surface area contributed by atoms with Crippen LogP contribution < -0.4 is 0 Å². The van der Waals surface area contributed by atoms with Gasteiger partial charge < -0.3 is 9.31 Å². The molecule has 1 atom stereocenters. The van der Waals surface area contributed by atoms with E-state index >= 15 is 0 Å². The van der Waals surface area contributed by atoms with Gasteiger partial charge in [0.1, 0.15) is 0 Å². The van der Waals surface area contributed by atoms with E-state index in [1.165, 1.54) is 32.1 Å². The minimum Gasteiger partial charge on any atom is -0.403 e. The molecule has 2 aliphatic rings. The van der Waals surface area contributed by atoms with Gasteiger partial charge in [0.2, 0.25) is 5.16 Å². The van der Waals surface area contributed by atoms with Crippen LogP contribution in [0.3, 0.4) is 0 Å². The maximum absolute atomic E-state index is 6.44. The van der Waals surface area contributed by atoms with Gasteiger partial charge in [0.05, 0.1) is 11.2 Å². The van der Waals surface area contributed by atoms with Crippen molar-refractivity contribution in [2.24, 2.45) is 13.0 Å². The summed E-state index contributed by atoms with van der Waals surface area (Å²) in [5.41, 5.74) is -0.493. The highest BCUT2D eigenvalue weighted by atomic mass is 32.2. The van der Waals surface area contributed by atoms with Gasteiger partial charge in [-0.1, -0.05) is 50.3 Å². The fourth-order valence-electron chi connectivity index (χ4n) is 4.05. The van der Waals surface area contributed by atoms with Gasteiger partial charge in [0.25, 0.3) is 0 Å². The molecular formula is C18H33BN4O2S. The number of tetrazole rings is 1. The molecular weight excluding hydrogens is 347 g/mol. The van der Waals surface area contributed by atoms with Crippen molar-refractivity contribution >= 4 is 18.9 Å². The number of hydrogen-bond donors (Lipinski definition) is 0. The van der Waals surface area contributed by atoms with E-state index in [-0.39, 0.29) is 18.3 Å². The molecule has 1 aliphatic carbocycles. The second-order valence-corrected chi connectivity index (χ2v) is 9.82. The molecule has 1 saturated carbocycles. The van der Waals surface area contributed by atoms with Crippen LogP contribution >= 0.6 is 11.8 Å². The third-order valence-electron chi connectivity index (χ3n) is 6.37. The van der Waals surface area contributed by atoms with Crippen molar-refractivity contribution in [3.63, 3.8) is 0 Å². The summed E-state index contributed by atoms with van der Waals surface area (Å²) in [7, 11) is 1.81. The van der Waals surface area contributed by atoms with Gasteiger partial charge in [0, 0.05) is 12.8 Å². The monoisotopic (exact) mass is 380 g/mol. The molecule has 1 aromatic heterocycles. The number of aromatic nitrogens is 4. The summed E-state index contributed by atoms with van der Waals surface area (Å²) in [6, 6.07) is 0. The van der Waals surface area contributed by atoms with Crippen LogP contribution in [0.5, 0.6) is 0 Å². The number of rotatable bonds is 7. The maximum atomic E-state index is 6.44. The van der Waals surface area contributed by atoms with E-state index in [9.17, 15) is 0 Å². The first kappa shape index (κ1) is 20.1. The Kier molecular flexibility index (Phi) is 6.35. The molecule has 2 fully saturated rings. The molecule has 0 spiro atoms. The Hall–Kier alpha value is -0.595. The predicted molar refractivity (Wildman–Crippen MR) is 105 cm³/mol. The fraction of sp³-hybridized carbons (Fsp3) is 0.944. The van der Waals surface area contributed by atoms with Gasteiger partial charge in [-0.15, -0.1) is 5.10 Å². The normalized spacial score (nSPS) is 24.1. The van der Waals surface area contributed by atoms with E-state index in [4.69, 9.17) is 9.31 Å². The molecule has 26 heavy (non-hydrogen) atoms. The molecule has 1 aliphatic heterocycles. The van der Waals surface area contributed by atoms with Crippen molar-refractivity contribution in [2.75, 3.05) is 5.75 Å². The zero-order valence-electron chi connectivity index (χ0n) is 16.9.